The zero-order chi connectivity index (χ0) is 22.9. The van der Waals surface area contributed by atoms with E-state index in [0.717, 1.165) is 6.42 Å². The van der Waals surface area contributed by atoms with Crippen molar-refractivity contribution in [3.63, 3.8) is 0 Å². The van der Waals surface area contributed by atoms with Crippen LogP contribution in [0.15, 0.2) is 11.3 Å². The Kier molecular flexibility index (Phi) is 9.00. The Morgan fingerprint density at radius 2 is 1.97 bits per heavy atom. The fraction of sp³-hybridized carbons (Fsp3) is 0.667. The van der Waals surface area contributed by atoms with Gasteiger partial charge >= 0.3 is 43.1 Å². The minimum Gasteiger partial charge on any atom is -0.457 e. The van der Waals surface area contributed by atoms with Crippen molar-refractivity contribution in [1.29, 1.82) is 0 Å². The number of nitrogens with zero attached hydrogens (tertiary/aromatic N) is 3. The van der Waals surface area contributed by atoms with Gasteiger partial charge in [-0.05, 0) is 19.3 Å². The Balaban J connectivity index is 0.00000306. The van der Waals surface area contributed by atoms with E-state index in [9.17, 15) is 19.0 Å². The van der Waals surface area contributed by atoms with Gasteiger partial charge in [0.15, 0.2) is 6.10 Å². The third-order valence-corrected chi connectivity index (χ3v) is 7.30. The summed E-state index contributed by atoms with van der Waals surface area (Å²) in [5, 5.41) is 0. The normalized spacial score (nSPS) is 32.0. The van der Waals surface area contributed by atoms with Gasteiger partial charge in [-0.2, -0.15) is 0 Å². The molecule has 0 aliphatic carbocycles. The summed E-state index contributed by atoms with van der Waals surface area (Å²) in [6.07, 6.45) is 2.74. The number of ether oxygens (including phenoxy) is 2. The quantitative estimate of drug-likeness (QED) is 0.296. The van der Waals surface area contributed by atoms with Crippen LogP contribution in [0.5, 0.6) is 0 Å². The number of Topliss-reactive ketones (excluding diaryl/α,β-unsaturated/α-hetero) is 1. The van der Waals surface area contributed by atoms with E-state index in [2.05, 4.69) is 15.0 Å². The average Bonchev–Trinajstić information content (AvgIpc) is 3.30. The number of esters is 1. The van der Waals surface area contributed by atoms with E-state index >= 15 is 0 Å². The van der Waals surface area contributed by atoms with Crippen molar-refractivity contribution in [1.82, 2.24) is 9.97 Å². The zero-order valence-electron chi connectivity index (χ0n) is 19.2. The van der Waals surface area contributed by atoms with Crippen molar-refractivity contribution in [3.05, 3.63) is 17.7 Å². The molecule has 0 radical (unpaired) electrons. The largest absolute Gasteiger partial charge is 1.00 e. The molecule has 1 N–H and O–H groups in total. The second-order valence-electron chi connectivity index (χ2n) is 8.39. The molecule has 3 aliphatic rings. The number of carbonyl (C=O) groups excluding carboxylic acids is 2. The molecule has 10 nitrogen and oxygen atoms in total. The number of ketones is 1. The van der Waals surface area contributed by atoms with Gasteiger partial charge in [-0.1, -0.05) is 13.8 Å². The Bertz CT molecular complexity index is 975. The van der Waals surface area contributed by atoms with Crippen LogP contribution in [0.4, 0.5) is 5.69 Å². The smallest absolute Gasteiger partial charge is 0.457 e. The molecule has 4 heterocycles. The number of hydrogen-bond donors (Lipinski definition) is 1. The Hall–Kier alpha value is -1.00. The van der Waals surface area contributed by atoms with Crippen LogP contribution in [0.2, 0.25) is 0 Å². The van der Waals surface area contributed by atoms with Gasteiger partial charge in [0.25, 0.3) is 0 Å². The summed E-state index contributed by atoms with van der Waals surface area (Å²) in [4.78, 5) is 47.6. The number of carbonyl (C=O) groups is 2. The van der Waals surface area contributed by atoms with E-state index in [4.69, 9.17) is 14.0 Å². The van der Waals surface area contributed by atoms with Crippen molar-refractivity contribution >= 4 is 31.3 Å². The fourth-order valence-electron chi connectivity index (χ4n) is 4.45. The molecule has 3 aliphatic heterocycles. The number of hydrogen-bond acceptors (Lipinski definition) is 9. The predicted molar refractivity (Wildman–Crippen MR) is 114 cm³/mol. The Labute approximate surface area is 214 Å². The van der Waals surface area contributed by atoms with Crippen molar-refractivity contribution in [2.45, 2.75) is 82.7 Å². The van der Waals surface area contributed by atoms with Crippen LogP contribution in [0.3, 0.4) is 0 Å². The van der Waals surface area contributed by atoms with E-state index in [1.807, 2.05) is 13.8 Å². The molecule has 1 aromatic heterocycles. The number of rotatable bonds is 8. The van der Waals surface area contributed by atoms with Crippen LogP contribution >= 0.6 is 7.60 Å². The zero-order valence-corrected chi connectivity index (χ0v) is 22.1. The van der Waals surface area contributed by atoms with Crippen LogP contribution < -0.4 is 29.6 Å². The van der Waals surface area contributed by atoms with Gasteiger partial charge in [-0.3, -0.25) is 23.7 Å². The predicted octanol–water partition coefficient (Wildman–Crippen LogP) is -0.355. The molecule has 4 rings (SSSR count). The minimum absolute atomic E-state index is 0. The van der Waals surface area contributed by atoms with Gasteiger partial charge in [0.2, 0.25) is 0 Å². The first kappa shape index (κ1) is 26.6. The topological polar surface area (TPSA) is 137 Å². The molecule has 6 atom stereocenters. The molecule has 0 spiro atoms. The third kappa shape index (κ3) is 5.81. The first-order chi connectivity index (χ1) is 15.3. The molecule has 1 aromatic rings. The van der Waals surface area contributed by atoms with Crippen molar-refractivity contribution in [2.75, 3.05) is 6.16 Å². The summed E-state index contributed by atoms with van der Waals surface area (Å²) < 4.78 is 29.6. The first-order valence-corrected chi connectivity index (χ1v) is 12.8. The van der Waals surface area contributed by atoms with Crippen molar-refractivity contribution < 1.29 is 62.6 Å². The van der Waals surface area contributed by atoms with Gasteiger partial charge in [0, 0.05) is 19.1 Å². The van der Waals surface area contributed by atoms with Crippen LogP contribution in [-0.4, -0.2) is 63.4 Å². The summed E-state index contributed by atoms with van der Waals surface area (Å²) in [6, 6.07) is 0. The summed E-state index contributed by atoms with van der Waals surface area (Å²) in [7, 11) is -3.78. The van der Waals surface area contributed by atoms with Gasteiger partial charge < -0.3 is 14.4 Å². The summed E-state index contributed by atoms with van der Waals surface area (Å²) in [5.74, 6) is -0.800. The van der Waals surface area contributed by atoms with Crippen LogP contribution in [0.25, 0.3) is 0 Å². The summed E-state index contributed by atoms with van der Waals surface area (Å²) in [5.41, 5.74) is 1.68. The molecule has 0 saturated carbocycles. The third-order valence-electron chi connectivity index (χ3n) is 5.90. The molecule has 0 bridgehead atoms. The van der Waals surface area contributed by atoms with E-state index in [0.29, 0.717) is 36.3 Å². The Morgan fingerprint density at radius 3 is 2.70 bits per heavy atom. The Morgan fingerprint density at radius 1 is 1.21 bits per heavy atom. The summed E-state index contributed by atoms with van der Waals surface area (Å²) >= 11 is 0. The molecule has 0 aromatic carbocycles. The number of aromatic nitrogens is 2. The average molecular weight is 488 g/mol. The maximum absolute atomic E-state index is 12.3. The van der Waals surface area contributed by atoms with Gasteiger partial charge in [-0.25, -0.2) is 9.97 Å². The van der Waals surface area contributed by atoms with E-state index < -0.39 is 43.9 Å². The second kappa shape index (κ2) is 11.2. The standard InChI is InChI=1S/C21H28N3O7P.Na/c1-3-5-12(25)9-14-18-17(24-11-23-14)13(10-22-18)19-21(30-16(26)6-4-2)20-15(29-19)7-8-32(27,28)31-20;/h10-11,13,15,19-21H,3-9H2,1-2H3,(H,27,28);/q;+1/t13?,15-,19+,20-,21+;/m1./s1. The fourth-order valence-corrected chi connectivity index (χ4v) is 5.77. The molecular weight excluding hydrogens is 460 g/mol. The number of aliphatic imine (C=N–C) groups is 1. The molecule has 0 amide bonds. The van der Waals surface area contributed by atoms with Gasteiger partial charge in [0.1, 0.15) is 30.0 Å². The van der Waals surface area contributed by atoms with Crippen LogP contribution in [-0.2, 0) is 34.6 Å². The SMILES string of the molecule is CCCC(=O)Cc1ncnc2c1N=CC2[C@@H]1O[C@@H]2CCP(=O)(O)O[C@H]2[C@H]1OC(=O)CCC.[Na+]. The second-order valence-corrected chi connectivity index (χ2v) is 10.3. The molecular formula is C21H28N3NaO7P+. The monoisotopic (exact) mass is 488 g/mol. The molecule has 174 valence electrons. The molecule has 33 heavy (non-hydrogen) atoms. The van der Waals surface area contributed by atoms with Gasteiger partial charge in [-0.15, -0.1) is 0 Å². The minimum atomic E-state index is -3.78. The van der Waals surface area contributed by atoms with E-state index in [-0.39, 0.29) is 54.3 Å². The maximum Gasteiger partial charge on any atom is 1.00 e. The molecule has 2 fully saturated rings. The maximum atomic E-state index is 12.3. The molecule has 12 heteroatoms. The van der Waals surface area contributed by atoms with E-state index in [1.54, 1.807) is 6.21 Å². The van der Waals surface area contributed by atoms with Crippen molar-refractivity contribution in [2.24, 2.45) is 4.99 Å². The summed E-state index contributed by atoms with van der Waals surface area (Å²) in [6.45, 7) is 3.81. The van der Waals surface area contributed by atoms with E-state index in [1.165, 1.54) is 6.33 Å². The molecule has 2 unspecified atom stereocenters. The van der Waals surface area contributed by atoms with Crippen molar-refractivity contribution in [3.8, 4) is 0 Å². The molecule has 2 saturated heterocycles. The van der Waals surface area contributed by atoms with Crippen LogP contribution in [0.1, 0.15) is 63.3 Å². The van der Waals surface area contributed by atoms with Crippen LogP contribution in [0, 0.1) is 0 Å². The first-order valence-electron chi connectivity index (χ1n) is 11.1. The number of fused-ring (bicyclic) bond motifs is 2. The van der Waals surface area contributed by atoms with Gasteiger partial charge in [0.05, 0.1) is 36.0 Å².